The van der Waals surface area contributed by atoms with E-state index in [1.54, 1.807) is 0 Å². The average Bonchev–Trinajstić information content (AvgIpc) is 3.55. The van der Waals surface area contributed by atoms with E-state index in [0.29, 0.717) is 5.82 Å². The second-order valence-electron chi connectivity index (χ2n) is 16.1. The maximum absolute atomic E-state index is 5.38. The summed E-state index contributed by atoms with van der Waals surface area (Å²) in [4.78, 5) is 10.7. The highest BCUT2D eigenvalue weighted by atomic mass is 14.9. The van der Waals surface area contributed by atoms with Gasteiger partial charge < -0.3 is 0 Å². The van der Waals surface area contributed by atoms with Gasteiger partial charge in [-0.3, -0.25) is 0 Å². The highest BCUT2D eigenvalue weighted by Crippen LogP contribution is 2.55. The molecule has 0 saturated heterocycles. The molecule has 1 aliphatic rings. The molecule has 9 aromatic carbocycles. The largest absolute Gasteiger partial charge is 0.228 e. The molecule has 0 saturated carbocycles. The minimum Gasteiger partial charge on any atom is -0.228 e. The molecule has 59 heavy (non-hydrogen) atoms. The Labute approximate surface area is 345 Å². The number of hydrogen-bond donors (Lipinski definition) is 0. The van der Waals surface area contributed by atoms with Gasteiger partial charge in [0.2, 0.25) is 0 Å². The Kier molecular flexibility index (Phi) is 8.20. The summed E-state index contributed by atoms with van der Waals surface area (Å²) < 4.78 is 0. The predicted octanol–water partition coefficient (Wildman–Crippen LogP) is 15.1. The fraction of sp³-hybridized carbons (Fsp3) is 0.0526. The molecule has 1 aromatic heterocycles. The Morgan fingerprint density at radius 3 is 1.61 bits per heavy atom. The van der Waals surface area contributed by atoms with Gasteiger partial charge in [0.05, 0.1) is 11.4 Å². The lowest BCUT2D eigenvalue weighted by molar-refractivity contribution is 0.662. The number of hydrogen-bond acceptors (Lipinski definition) is 2. The zero-order chi connectivity index (χ0) is 39.5. The predicted molar refractivity (Wildman–Crippen MR) is 247 cm³/mol. The van der Waals surface area contributed by atoms with Gasteiger partial charge in [-0.05, 0) is 95.4 Å². The van der Waals surface area contributed by atoms with E-state index >= 15 is 0 Å². The van der Waals surface area contributed by atoms with E-state index in [4.69, 9.17) is 9.97 Å². The second kappa shape index (κ2) is 13.9. The lowest BCUT2D eigenvalue weighted by Gasteiger charge is -2.25. The van der Waals surface area contributed by atoms with E-state index in [2.05, 4.69) is 220 Å². The van der Waals surface area contributed by atoms with E-state index in [1.807, 2.05) is 0 Å². The maximum Gasteiger partial charge on any atom is 0.161 e. The van der Waals surface area contributed by atoms with Crippen molar-refractivity contribution in [1.82, 2.24) is 9.97 Å². The monoisotopic (exact) mass is 752 g/mol. The van der Waals surface area contributed by atoms with Gasteiger partial charge in [0.25, 0.3) is 0 Å². The van der Waals surface area contributed by atoms with Crippen LogP contribution in [0.25, 0.3) is 100.0 Å². The third-order valence-electron chi connectivity index (χ3n) is 12.3. The lowest BCUT2D eigenvalue weighted by atomic mass is 9.78. The molecular weight excluding hydrogens is 713 g/mol. The molecule has 0 amide bonds. The molecule has 10 aromatic rings. The van der Waals surface area contributed by atoms with Gasteiger partial charge in [0.15, 0.2) is 5.82 Å². The normalized spacial score (nSPS) is 12.7. The first-order valence-corrected chi connectivity index (χ1v) is 20.4. The Bertz CT molecular complexity index is 3220. The number of rotatable bonds is 6. The van der Waals surface area contributed by atoms with E-state index in [0.717, 1.165) is 39.0 Å². The SMILES string of the molecule is CC1(C)c2ccc3ccccc3c2-c2cccc(-c3ccc(-c4nc(-c5ccc(-c6ccccc6)cc5)cc(-c5cccc(-c6ccccc6)c5)n4)c4ccccc34)c21. The smallest absolute Gasteiger partial charge is 0.161 e. The van der Waals surface area contributed by atoms with Crippen LogP contribution in [0, 0.1) is 0 Å². The molecule has 278 valence electrons. The average molecular weight is 753 g/mol. The van der Waals surface area contributed by atoms with Gasteiger partial charge in [0.1, 0.15) is 0 Å². The van der Waals surface area contributed by atoms with Crippen molar-refractivity contribution >= 4 is 21.5 Å². The zero-order valence-corrected chi connectivity index (χ0v) is 33.0. The van der Waals surface area contributed by atoms with Gasteiger partial charge in [0, 0.05) is 22.1 Å². The third kappa shape index (κ3) is 5.87. The number of benzene rings is 9. The van der Waals surface area contributed by atoms with Crippen LogP contribution in [0.1, 0.15) is 25.0 Å². The van der Waals surface area contributed by atoms with Crippen LogP contribution in [0.4, 0.5) is 0 Å². The van der Waals surface area contributed by atoms with Crippen molar-refractivity contribution in [3.05, 3.63) is 217 Å². The minimum atomic E-state index is -0.179. The van der Waals surface area contributed by atoms with Crippen molar-refractivity contribution in [2.75, 3.05) is 0 Å². The van der Waals surface area contributed by atoms with Crippen LogP contribution in [0.3, 0.4) is 0 Å². The van der Waals surface area contributed by atoms with Crippen LogP contribution < -0.4 is 0 Å². The Morgan fingerprint density at radius 1 is 0.339 bits per heavy atom. The molecule has 2 heteroatoms. The number of aromatic nitrogens is 2. The summed E-state index contributed by atoms with van der Waals surface area (Å²) in [5, 5.41) is 4.90. The molecule has 0 unspecified atom stereocenters. The summed E-state index contributed by atoms with van der Waals surface area (Å²) in [5.74, 6) is 0.704. The van der Waals surface area contributed by atoms with Crippen LogP contribution in [-0.4, -0.2) is 9.97 Å². The molecule has 0 aliphatic heterocycles. The topological polar surface area (TPSA) is 25.8 Å². The van der Waals surface area contributed by atoms with Crippen molar-refractivity contribution in [2.24, 2.45) is 0 Å². The molecule has 11 rings (SSSR count). The van der Waals surface area contributed by atoms with Gasteiger partial charge in [-0.15, -0.1) is 0 Å². The molecule has 1 heterocycles. The van der Waals surface area contributed by atoms with Gasteiger partial charge in [-0.25, -0.2) is 9.97 Å². The van der Waals surface area contributed by atoms with Crippen molar-refractivity contribution in [3.63, 3.8) is 0 Å². The summed E-state index contributed by atoms with van der Waals surface area (Å²) >= 11 is 0. The highest BCUT2D eigenvalue weighted by Gasteiger charge is 2.38. The Morgan fingerprint density at radius 2 is 0.864 bits per heavy atom. The molecule has 0 N–H and O–H groups in total. The quantitative estimate of drug-likeness (QED) is 0.169. The third-order valence-corrected chi connectivity index (χ3v) is 12.3. The van der Waals surface area contributed by atoms with Crippen LogP contribution in [-0.2, 0) is 5.41 Å². The summed E-state index contributed by atoms with van der Waals surface area (Å²) in [6.45, 7) is 4.76. The summed E-state index contributed by atoms with van der Waals surface area (Å²) in [6.07, 6.45) is 0. The van der Waals surface area contributed by atoms with Crippen LogP contribution in [0.5, 0.6) is 0 Å². The molecule has 0 bridgehead atoms. The number of fused-ring (bicyclic) bond motifs is 6. The lowest BCUT2D eigenvalue weighted by Crippen LogP contribution is -2.16. The van der Waals surface area contributed by atoms with Crippen LogP contribution >= 0.6 is 0 Å². The van der Waals surface area contributed by atoms with Crippen LogP contribution in [0.2, 0.25) is 0 Å². The molecule has 0 spiro atoms. The van der Waals surface area contributed by atoms with E-state index < -0.39 is 0 Å². The summed E-state index contributed by atoms with van der Waals surface area (Å²) in [7, 11) is 0. The summed E-state index contributed by atoms with van der Waals surface area (Å²) in [6, 6.07) is 74.2. The molecule has 2 nitrogen and oxygen atoms in total. The molecule has 0 radical (unpaired) electrons. The van der Waals surface area contributed by atoms with E-state index in [-0.39, 0.29) is 5.41 Å². The van der Waals surface area contributed by atoms with Crippen molar-refractivity contribution in [3.8, 4) is 78.4 Å². The van der Waals surface area contributed by atoms with Gasteiger partial charge >= 0.3 is 0 Å². The Balaban J connectivity index is 1.09. The van der Waals surface area contributed by atoms with Crippen molar-refractivity contribution in [2.45, 2.75) is 19.3 Å². The fourth-order valence-electron chi connectivity index (χ4n) is 9.42. The van der Waals surface area contributed by atoms with Gasteiger partial charge in [-0.1, -0.05) is 202 Å². The highest BCUT2D eigenvalue weighted by molar-refractivity contribution is 6.08. The molecule has 0 atom stereocenters. The minimum absolute atomic E-state index is 0.179. The van der Waals surface area contributed by atoms with Gasteiger partial charge in [-0.2, -0.15) is 0 Å². The zero-order valence-electron chi connectivity index (χ0n) is 33.0. The second-order valence-corrected chi connectivity index (χ2v) is 16.1. The maximum atomic E-state index is 5.38. The standard InChI is InChI=1S/C57H40N2/c1-57(2)51-34-31-40-19-9-10-22-44(40)54(51)50-26-14-25-48(55(50)57)47-32-33-49(46-24-12-11-23-45(46)47)56-58-52(41-29-27-39(28-30-41)37-15-5-3-6-16-37)36-53(59-56)43-21-13-20-42(35-43)38-17-7-4-8-18-38/h3-36H,1-2H3. The summed E-state index contributed by atoms with van der Waals surface area (Å²) in [5.41, 5.74) is 17.3. The first-order chi connectivity index (χ1) is 29.0. The first kappa shape index (κ1) is 34.8. The first-order valence-electron chi connectivity index (χ1n) is 20.4. The van der Waals surface area contributed by atoms with Crippen molar-refractivity contribution < 1.29 is 0 Å². The van der Waals surface area contributed by atoms with Crippen LogP contribution in [0.15, 0.2) is 206 Å². The molecule has 1 aliphatic carbocycles. The fourth-order valence-corrected chi connectivity index (χ4v) is 9.42. The number of nitrogens with zero attached hydrogens (tertiary/aromatic N) is 2. The van der Waals surface area contributed by atoms with E-state index in [1.165, 1.54) is 66.2 Å². The Hall–Kier alpha value is -7.42. The van der Waals surface area contributed by atoms with E-state index in [9.17, 15) is 0 Å². The van der Waals surface area contributed by atoms with Crippen molar-refractivity contribution in [1.29, 1.82) is 0 Å². The molecular formula is C57H40N2. The molecule has 0 fully saturated rings.